The first-order chi connectivity index (χ1) is 9.36. The molecular weight excluding hydrogens is 296 g/mol. The van der Waals surface area contributed by atoms with E-state index in [9.17, 15) is 8.42 Å². The summed E-state index contributed by atoms with van der Waals surface area (Å²) in [5.74, 6) is 0. The normalized spacial score (nSPS) is 11.3. The monoisotopic (exact) mass is 310 g/mol. The Labute approximate surface area is 123 Å². The molecule has 0 aliphatic rings. The summed E-state index contributed by atoms with van der Waals surface area (Å²) in [5.41, 5.74) is 8.16. The van der Waals surface area contributed by atoms with Gasteiger partial charge in [-0.05, 0) is 35.9 Å². The molecule has 0 saturated heterocycles. The Morgan fingerprint density at radius 2 is 1.80 bits per heavy atom. The lowest BCUT2D eigenvalue weighted by molar-refractivity contribution is 0.602. The van der Waals surface area contributed by atoms with Crippen molar-refractivity contribution in [3.8, 4) is 0 Å². The highest BCUT2D eigenvalue weighted by Crippen LogP contribution is 2.23. The van der Waals surface area contributed by atoms with Gasteiger partial charge in [-0.25, -0.2) is 8.42 Å². The third kappa shape index (κ3) is 3.65. The molecule has 106 valence electrons. The molecule has 0 unspecified atom stereocenters. The van der Waals surface area contributed by atoms with Gasteiger partial charge in [0.2, 0.25) is 0 Å². The van der Waals surface area contributed by atoms with E-state index in [4.69, 9.17) is 17.3 Å². The molecule has 4 nitrogen and oxygen atoms in total. The third-order valence-electron chi connectivity index (χ3n) is 2.85. The van der Waals surface area contributed by atoms with Gasteiger partial charge in [-0.1, -0.05) is 23.7 Å². The quantitative estimate of drug-likeness (QED) is 0.852. The minimum Gasteiger partial charge on any atom is -0.397 e. The molecule has 0 radical (unpaired) electrons. The molecule has 0 aliphatic carbocycles. The van der Waals surface area contributed by atoms with Crippen LogP contribution in [0.5, 0.6) is 0 Å². The zero-order chi connectivity index (χ0) is 14.8. The maximum absolute atomic E-state index is 11.4. The fraction of sp³-hybridized carbons (Fsp3) is 0.143. The van der Waals surface area contributed by atoms with Crippen LogP contribution in [0.4, 0.5) is 11.4 Å². The number of nitrogen functional groups attached to an aromatic ring is 1. The molecule has 0 heterocycles. The lowest BCUT2D eigenvalue weighted by atomic mass is 10.2. The molecule has 0 atom stereocenters. The van der Waals surface area contributed by atoms with E-state index in [1.165, 1.54) is 6.26 Å². The number of rotatable bonds is 4. The molecule has 0 amide bonds. The average Bonchev–Trinajstić information content (AvgIpc) is 2.39. The van der Waals surface area contributed by atoms with Crippen molar-refractivity contribution < 1.29 is 8.42 Å². The Bertz CT molecular complexity index is 712. The number of nitrogens with two attached hydrogens (primary N) is 1. The summed E-state index contributed by atoms with van der Waals surface area (Å²) in [4.78, 5) is 0.309. The first kappa shape index (κ1) is 14.7. The highest BCUT2D eigenvalue weighted by molar-refractivity contribution is 7.90. The molecular formula is C14H15ClN2O2S. The van der Waals surface area contributed by atoms with Crippen LogP contribution in [-0.2, 0) is 16.4 Å². The van der Waals surface area contributed by atoms with Crippen LogP contribution in [0.3, 0.4) is 0 Å². The van der Waals surface area contributed by atoms with Gasteiger partial charge in [-0.3, -0.25) is 0 Å². The van der Waals surface area contributed by atoms with E-state index in [1.807, 2.05) is 0 Å². The van der Waals surface area contributed by atoms with Crippen LogP contribution >= 0.6 is 11.6 Å². The van der Waals surface area contributed by atoms with E-state index in [0.717, 1.165) is 11.3 Å². The first-order valence-electron chi connectivity index (χ1n) is 5.94. The highest BCUT2D eigenvalue weighted by Gasteiger charge is 2.06. The fourth-order valence-electron chi connectivity index (χ4n) is 1.73. The van der Waals surface area contributed by atoms with Crippen LogP contribution in [0.1, 0.15) is 5.56 Å². The highest BCUT2D eigenvalue weighted by atomic mass is 35.5. The Hall–Kier alpha value is -1.72. The molecule has 6 heteroatoms. The molecule has 0 saturated carbocycles. The molecule has 0 aliphatic heterocycles. The Kier molecular flexibility index (Phi) is 4.20. The van der Waals surface area contributed by atoms with Crippen LogP contribution < -0.4 is 11.1 Å². The largest absolute Gasteiger partial charge is 0.397 e. The Balaban J connectivity index is 2.10. The molecule has 2 rings (SSSR count). The summed E-state index contributed by atoms with van der Waals surface area (Å²) in [6.07, 6.45) is 1.19. The Morgan fingerprint density at radius 3 is 2.40 bits per heavy atom. The second-order valence-corrected chi connectivity index (χ2v) is 6.95. The van der Waals surface area contributed by atoms with Crippen LogP contribution in [0.15, 0.2) is 47.4 Å². The van der Waals surface area contributed by atoms with Gasteiger partial charge in [-0.15, -0.1) is 0 Å². The second kappa shape index (κ2) is 5.73. The number of hydrogen-bond acceptors (Lipinski definition) is 4. The summed E-state index contributed by atoms with van der Waals surface area (Å²) < 4.78 is 22.7. The predicted molar refractivity (Wildman–Crippen MR) is 82.7 cm³/mol. The fourth-order valence-corrected chi connectivity index (χ4v) is 2.54. The van der Waals surface area contributed by atoms with Crippen LogP contribution in [0, 0.1) is 0 Å². The molecule has 2 aromatic rings. The predicted octanol–water partition coefficient (Wildman–Crippen LogP) is 2.94. The van der Waals surface area contributed by atoms with E-state index in [2.05, 4.69) is 5.32 Å². The summed E-state index contributed by atoms with van der Waals surface area (Å²) in [6.45, 7) is 0.536. The summed E-state index contributed by atoms with van der Waals surface area (Å²) in [5, 5.41) is 3.78. The minimum atomic E-state index is -3.16. The van der Waals surface area contributed by atoms with E-state index in [1.54, 1.807) is 42.5 Å². The van der Waals surface area contributed by atoms with Gasteiger partial charge in [-0.2, -0.15) is 0 Å². The first-order valence-corrected chi connectivity index (χ1v) is 8.21. The van der Waals surface area contributed by atoms with Gasteiger partial charge in [0.15, 0.2) is 9.84 Å². The lowest BCUT2D eigenvalue weighted by Crippen LogP contribution is -2.03. The molecule has 0 aromatic heterocycles. The van der Waals surface area contributed by atoms with Crippen LogP contribution in [-0.4, -0.2) is 14.7 Å². The second-order valence-electron chi connectivity index (χ2n) is 4.50. The number of halogens is 1. The number of hydrogen-bond donors (Lipinski definition) is 2. The average molecular weight is 311 g/mol. The van der Waals surface area contributed by atoms with E-state index in [-0.39, 0.29) is 0 Å². The minimum absolute atomic E-state index is 0.309. The van der Waals surface area contributed by atoms with Crippen molar-refractivity contribution in [2.24, 2.45) is 0 Å². The van der Waals surface area contributed by atoms with Crippen molar-refractivity contribution in [2.45, 2.75) is 11.4 Å². The molecule has 0 bridgehead atoms. The van der Waals surface area contributed by atoms with Gasteiger partial charge in [0.1, 0.15) is 0 Å². The Morgan fingerprint density at radius 1 is 1.15 bits per heavy atom. The zero-order valence-electron chi connectivity index (χ0n) is 10.9. The van der Waals surface area contributed by atoms with Crippen molar-refractivity contribution in [1.82, 2.24) is 0 Å². The number of anilines is 2. The van der Waals surface area contributed by atoms with Gasteiger partial charge in [0.05, 0.1) is 16.3 Å². The van der Waals surface area contributed by atoms with Crippen molar-refractivity contribution in [1.29, 1.82) is 0 Å². The van der Waals surface area contributed by atoms with Gasteiger partial charge in [0, 0.05) is 17.8 Å². The van der Waals surface area contributed by atoms with Crippen LogP contribution in [0.25, 0.3) is 0 Å². The summed E-state index contributed by atoms with van der Waals surface area (Å²) in [6, 6.07) is 11.9. The maximum atomic E-state index is 11.4. The molecule has 0 spiro atoms. The topological polar surface area (TPSA) is 72.2 Å². The third-order valence-corrected chi connectivity index (χ3v) is 4.21. The van der Waals surface area contributed by atoms with E-state index in [0.29, 0.717) is 22.2 Å². The smallest absolute Gasteiger partial charge is 0.175 e. The van der Waals surface area contributed by atoms with Crippen molar-refractivity contribution in [3.05, 3.63) is 53.1 Å². The lowest BCUT2D eigenvalue weighted by Gasteiger charge is -2.10. The molecule has 0 fully saturated rings. The van der Waals surface area contributed by atoms with Gasteiger partial charge < -0.3 is 11.1 Å². The molecule has 2 aromatic carbocycles. The van der Waals surface area contributed by atoms with Crippen LogP contribution in [0.2, 0.25) is 5.02 Å². The van der Waals surface area contributed by atoms with Gasteiger partial charge in [0.25, 0.3) is 0 Å². The summed E-state index contributed by atoms with van der Waals surface area (Å²) in [7, 11) is -3.16. The van der Waals surface area contributed by atoms with Gasteiger partial charge >= 0.3 is 0 Å². The number of nitrogens with one attached hydrogen (secondary N) is 1. The van der Waals surface area contributed by atoms with E-state index < -0.39 is 9.84 Å². The summed E-state index contributed by atoms with van der Waals surface area (Å²) >= 11 is 5.91. The molecule has 20 heavy (non-hydrogen) atoms. The number of sulfone groups is 1. The zero-order valence-corrected chi connectivity index (χ0v) is 12.5. The maximum Gasteiger partial charge on any atom is 0.175 e. The van der Waals surface area contributed by atoms with E-state index >= 15 is 0 Å². The van der Waals surface area contributed by atoms with Crippen molar-refractivity contribution in [3.63, 3.8) is 0 Å². The van der Waals surface area contributed by atoms with Crippen molar-refractivity contribution in [2.75, 3.05) is 17.3 Å². The SMILES string of the molecule is CS(=O)(=O)c1ccc(CNc2cc(Cl)ccc2N)cc1. The molecule has 3 N–H and O–H groups in total. The standard InChI is InChI=1S/C14H15ClN2O2S/c1-20(18,19)12-5-2-10(3-6-12)9-17-14-8-11(15)4-7-13(14)16/h2-8,17H,9,16H2,1H3. The number of benzene rings is 2. The van der Waals surface area contributed by atoms with Crippen molar-refractivity contribution >= 4 is 32.8 Å².